The molecule has 1 N–H and O–H groups in total. The van der Waals surface area contributed by atoms with E-state index in [2.05, 4.69) is 27.3 Å². The first-order valence-corrected chi connectivity index (χ1v) is 6.67. The second-order valence-electron chi connectivity index (χ2n) is 4.87. The van der Waals surface area contributed by atoms with E-state index in [0.29, 0.717) is 0 Å². The zero-order valence-corrected chi connectivity index (χ0v) is 10.7. The van der Waals surface area contributed by atoms with Crippen LogP contribution in [0.5, 0.6) is 0 Å². The van der Waals surface area contributed by atoms with Crippen molar-refractivity contribution in [2.24, 2.45) is 0 Å². The van der Waals surface area contributed by atoms with Gasteiger partial charge < -0.3 is 5.32 Å². The third-order valence-electron chi connectivity index (χ3n) is 3.61. The van der Waals surface area contributed by atoms with E-state index in [1.165, 1.54) is 37.8 Å². The summed E-state index contributed by atoms with van der Waals surface area (Å²) in [6.45, 7) is 3.45. The van der Waals surface area contributed by atoms with E-state index in [0.717, 1.165) is 19.1 Å². The second-order valence-corrected chi connectivity index (χ2v) is 4.87. The third-order valence-corrected chi connectivity index (χ3v) is 3.61. The third kappa shape index (κ3) is 3.79. The van der Waals surface area contributed by atoms with Crippen molar-refractivity contribution in [3.63, 3.8) is 0 Å². The molecule has 0 aromatic carbocycles. The molecule has 1 unspecified atom stereocenters. The molecule has 2 rings (SSSR count). The summed E-state index contributed by atoms with van der Waals surface area (Å²) in [7, 11) is 2.04. The lowest BCUT2D eigenvalue weighted by atomic mass is 9.98. The van der Waals surface area contributed by atoms with E-state index in [4.69, 9.17) is 0 Å². The quantitative estimate of drug-likeness (QED) is 0.843. The van der Waals surface area contributed by atoms with Crippen LogP contribution in [-0.4, -0.2) is 36.1 Å². The monoisotopic (exact) mass is 233 g/mol. The predicted octanol–water partition coefficient (Wildman–Crippen LogP) is 2.05. The van der Waals surface area contributed by atoms with Crippen molar-refractivity contribution < 1.29 is 0 Å². The number of hydrogen-bond acceptors (Lipinski definition) is 3. The molecule has 0 aliphatic carbocycles. The van der Waals surface area contributed by atoms with Crippen molar-refractivity contribution in [2.75, 3.05) is 20.1 Å². The minimum atomic E-state index is 0.754. The van der Waals surface area contributed by atoms with Crippen molar-refractivity contribution >= 4 is 0 Å². The summed E-state index contributed by atoms with van der Waals surface area (Å²) in [4.78, 5) is 6.71. The maximum Gasteiger partial charge on any atom is 0.0271 e. The standard InChI is InChI=1S/C14H23N3/c1-15-8-7-14-4-2-3-11-17(14)12-13-5-9-16-10-6-13/h5-6,9-10,14-15H,2-4,7-8,11-12H2,1H3. The predicted molar refractivity (Wildman–Crippen MR) is 70.8 cm³/mol. The molecule has 0 amide bonds. The molecule has 17 heavy (non-hydrogen) atoms. The Kier molecular flexibility index (Phi) is 4.95. The zero-order chi connectivity index (χ0) is 11.9. The van der Waals surface area contributed by atoms with Crippen molar-refractivity contribution in [1.82, 2.24) is 15.2 Å². The summed E-state index contributed by atoms with van der Waals surface area (Å²) in [6.07, 6.45) is 9.14. The number of rotatable bonds is 5. The summed E-state index contributed by atoms with van der Waals surface area (Å²) in [6, 6.07) is 5.01. The Morgan fingerprint density at radius 2 is 2.18 bits per heavy atom. The Hall–Kier alpha value is -0.930. The SMILES string of the molecule is CNCCC1CCCCN1Cc1ccncc1. The molecule has 1 aromatic rings. The van der Waals surface area contributed by atoms with Gasteiger partial charge in [0, 0.05) is 25.0 Å². The fourth-order valence-corrected chi connectivity index (χ4v) is 2.63. The molecule has 94 valence electrons. The van der Waals surface area contributed by atoms with Crippen LogP contribution in [0.15, 0.2) is 24.5 Å². The smallest absolute Gasteiger partial charge is 0.0271 e. The molecule has 2 heterocycles. The van der Waals surface area contributed by atoms with E-state index in [-0.39, 0.29) is 0 Å². The van der Waals surface area contributed by atoms with Crippen LogP contribution in [0.25, 0.3) is 0 Å². The van der Waals surface area contributed by atoms with E-state index >= 15 is 0 Å². The highest BCUT2D eigenvalue weighted by Crippen LogP contribution is 2.21. The molecule has 1 aliphatic rings. The molecule has 1 atom stereocenters. The lowest BCUT2D eigenvalue weighted by molar-refractivity contribution is 0.132. The van der Waals surface area contributed by atoms with E-state index < -0.39 is 0 Å². The zero-order valence-electron chi connectivity index (χ0n) is 10.7. The Balaban J connectivity index is 1.92. The van der Waals surface area contributed by atoms with E-state index in [9.17, 15) is 0 Å². The molecule has 3 nitrogen and oxygen atoms in total. The lowest BCUT2D eigenvalue weighted by Gasteiger charge is -2.35. The van der Waals surface area contributed by atoms with Crippen LogP contribution in [0.2, 0.25) is 0 Å². The first-order chi connectivity index (χ1) is 8.40. The first-order valence-electron chi connectivity index (χ1n) is 6.67. The second kappa shape index (κ2) is 6.72. The van der Waals surface area contributed by atoms with Crippen LogP contribution in [0.4, 0.5) is 0 Å². The van der Waals surface area contributed by atoms with E-state index in [1.807, 2.05) is 19.4 Å². The van der Waals surface area contributed by atoms with Gasteiger partial charge in [0.05, 0.1) is 0 Å². The summed E-state index contributed by atoms with van der Waals surface area (Å²) < 4.78 is 0. The molecule has 1 fully saturated rings. The van der Waals surface area contributed by atoms with Gasteiger partial charge in [-0.25, -0.2) is 0 Å². The minimum absolute atomic E-state index is 0.754. The fraction of sp³-hybridized carbons (Fsp3) is 0.643. The van der Waals surface area contributed by atoms with Crippen molar-refractivity contribution in [3.05, 3.63) is 30.1 Å². The molecule has 0 bridgehead atoms. The summed E-state index contributed by atoms with van der Waals surface area (Å²) in [5.74, 6) is 0. The topological polar surface area (TPSA) is 28.2 Å². The molecule has 0 spiro atoms. The lowest BCUT2D eigenvalue weighted by Crippen LogP contribution is -2.40. The van der Waals surface area contributed by atoms with Crippen LogP contribution < -0.4 is 5.32 Å². The maximum atomic E-state index is 4.08. The summed E-state index contributed by atoms with van der Waals surface area (Å²) in [5.41, 5.74) is 1.39. The van der Waals surface area contributed by atoms with Crippen molar-refractivity contribution in [3.8, 4) is 0 Å². The Bertz CT molecular complexity index is 313. The maximum absolute atomic E-state index is 4.08. The van der Waals surface area contributed by atoms with Gasteiger partial charge in [-0.3, -0.25) is 9.88 Å². The van der Waals surface area contributed by atoms with Gasteiger partial charge in [-0.2, -0.15) is 0 Å². The number of pyridine rings is 1. The van der Waals surface area contributed by atoms with Crippen LogP contribution in [0.1, 0.15) is 31.2 Å². The van der Waals surface area contributed by atoms with Crippen LogP contribution in [0, 0.1) is 0 Å². The van der Waals surface area contributed by atoms with Gasteiger partial charge in [0.2, 0.25) is 0 Å². The number of nitrogens with one attached hydrogen (secondary N) is 1. The van der Waals surface area contributed by atoms with E-state index in [1.54, 1.807) is 0 Å². The number of piperidine rings is 1. The first kappa shape index (κ1) is 12.5. The Morgan fingerprint density at radius 1 is 1.35 bits per heavy atom. The van der Waals surface area contributed by atoms with Gasteiger partial charge in [-0.15, -0.1) is 0 Å². The molecular formula is C14H23N3. The van der Waals surface area contributed by atoms with Gasteiger partial charge in [0.25, 0.3) is 0 Å². The molecule has 0 saturated carbocycles. The highest BCUT2D eigenvalue weighted by molar-refractivity contribution is 5.09. The average Bonchev–Trinajstić information content (AvgIpc) is 2.39. The van der Waals surface area contributed by atoms with Crippen molar-refractivity contribution in [2.45, 2.75) is 38.3 Å². The van der Waals surface area contributed by atoms with Crippen LogP contribution >= 0.6 is 0 Å². The van der Waals surface area contributed by atoms with Gasteiger partial charge in [-0.1, -0.05) is 6.42 Å². The number of hydrogen-bond donors (Lipinski definition) is 1. The Labute approximate surface area is 104 Å². The highest BCUT2D eigenvalue weighted by Gasteiger charge is 2.21. The molecule has 1 aliphatic heterocycles. The molecule has 0 radical (unpaired) electrons. The molecular weight excluding hydrogens is 210 g/mol. The summed E-state index contributed by atoms with van der Waals surface area (Å²) in [5, 5.41) is 3.26. The average molecular weight is 233 g/mol. The molecule has 3 heteroatoms. The Morgan fingerprint density at radius 3 is 2.94 bits per heavy atom. The summed E-state index contributed by atoms with van der Waals surface area (Å²) >= 11 is 0. The van der Waals surface area contributed by atoms with Gasteiger partial charge in [0.1, 0.15) is 0 Å². The molecule has 1 aromatic heterocycles. The van der Waals surface area contributed by atoms with Crippen LogP contribution in [0.3, 0.4) is 0 Å². The number of aromatic nitrogens is 1. The number of likely N-dealkylation sites (tertiary alicyclic amines) is 1. The van der Waals surface area contributed by atoms with Gasteiger partial charge in [0.15, 0.2) is 0 Å². The minimum Gasteiger partial charge on any atom is -0.320 e. The number of nitrogens with zero attached hydrogens (tertiary/aromatic N) is 2. The van der Waals surface area contributed by atoms with Gasteiger partial charge >= 0.3 is 0 Å². The van der Waals surface area contributed by atoms with Gasteiger partial charge in [-0.05, 0) is 57.1 Å². The largest absolute Gasteiger partial charge is 0.320 e. The highest BCUT2D eigenvalue weighted by atomic mass is 15.2. The van der Waals surface area contributed by atoms with Crippen LogP contribution in [-0.2, 0) is 6.54 Å². The normalized spacial score (nSPS) is 21.6. The van der Waals surface area contributed by atoms with Crippen molar-refractivity contribution in [1.29, 1.82) is 0 Å². The molecule has 1 saturated heterocycles. The fourth-order valence-electron chi connectivity index (χ4n) is 2.63.